The molecule has 0 fully saturated rings. The van der Waals surface area contributed by atoms with Crippen molar-refractivity contribution in [2.75, 3.05) is 6.61 Å². The van der Waals surface area contributed by atoms with Crippen molar-refractivity contribution in [2.45, 2.75) is 46.0 Å². The Balaban J connectivity index is 2.31. The van der Waals surface area contributed by atoms with Crippen LogP contribution in [-0.4, -0.2) is 24.3 Å². The summed E-state index contributed by atoms with van der Waals surface area (Å²) in [6.45, 7) is 6.71. The Morgan fingerprint density at radius 1 is 1.17 bits per heavy atom. The average Bonchev–Trinajstić information content (AvgIpc) is 2.98. The van der Waals surface area contributed by atoms with Crippen LogP contribution in [0.2, 0.25) is 0 Å². The molecule has 0 saturated carbocycles. The van der Waals surface area contributed by atoms with Crippen LogP contribution in [-0.2, 0) is 27.0 Å². The fourth-order valence-electron chi connectivity index (χ4n) is 2.45. The lowest BCUT2D eigenvalue weighted by Gasteiger charge is -2.19. The molecule has 9 heteroatoms. The number of benzene rings is 1. The molecular weight excluding hydrogens is 391 g/mol. The first-order chi connectivity index (χ1) is 13.4. The number of nitrogens with one attached hydrogen (secondary N) is 1. The minimum atomic E-state index is -4.67. The van der Waals surface area contributed by atoms with Gasteiger partial charge in [0.2, 0.25) is 0 Å². The van der Waals surface area contributed by atoms with E-state index in [1.54, 1.807) is 27.7 Å². The molecule has 0 atom stereocenters. The van der Waals surface area contributed by atoms with Gasteiger partial charge in [0.15, 0.2) is 0 Å². The number of hydrogen-bond acceptors (Lipinski definition) is 5. The Bertz CT molecular complexity index is 923. The van der Waals surface area contributed by atoms with Gasteiger partial charge in [0.25, 0.3) is 0 Å². The maximum Gasteiger partial charge on any atom is 0.420 e. The standard InChI is InChI=1S/C20H22F3NO5/c1-5-27-16(25)7-6-12-8-13-10-14(11-24-18(26)29-19(2,3)4)28-17(13)15(9-12)20(21,22)23/h6-10H,5,11H2,1-4H3,(H,24,26). The molecule has 1 N–H and O–H groups in total. The fourth-order valence-corrected chi connectivity index (χ4v) is 2.45. The van der Waals surface area contributed by atoms with E-state index in [9.17, 15) is 22.8 Å². The van der Waals surface area contributed by atoms with E-state index >= 15 is 0 Å². The smallest absolute Gasteiger partial charge is 0.420 e. The summed E-state index contributed by atoms with van der Waals surface area (Å²) < 4.78 is 55.5. The summed E-state index contributed by atoms with van der Waals surface area (Å²) >= 11 is 0. The highest BCUT2D eigenvalue weighted by Gasteiger charge is 2.35. The summed E-state index contributed by atoms with van der Waals surface area (Å²) in [6.07, 6.45) is -3.10. The summed E-state index contributed by atoms with van der Waals surface area (Å²) in [6, 6.07) is 3.72. The SMILES string of the molecule is CCOC(=O)C=Cc1cc(C(F)(F)F)c2oc(CNC(=O)OC(C)(C)C)cc2c1. The number of amides is 1. The molecule has 158 valence electrons. The summed E-state index contributed by atoms with van der Waals surface area (Å²) in [5.74, 6) is -0.529. The number of halogens is 3. The Kier molecular flexibility index (Phi) is 6.61. The summed E-state index contributed by atoms with van der Waals surface area (Å²) in [5, 5.41) is 2.62. The van der Waals surface area contributed by atoms with E-state index in [2.05, 4.69) is 5.32 Å². The minimum absolute atomic E-state index is 0.128. The number of hydrogen-bond donors (Lipinski definition) is 1. The Morgan fingerprint density at radius 3 is 2.45 bits per heavy atom. The zero-order chi connectivity index (χ0) is 21.8. The number of alkyl carbamates (subject to hydrolysis) is 1. The van der Waals surface area contributed by atoms with Crippen molar-refractivity contribution in [1.82, 2.24) is 5.32 Å². The third-order valence-corrected chi connectivity index (χ3v) is 3.50. The van der Waals surface area contributed by atoms with Crippen molar-refractivity contribution >= 4 is 29.1 Å². The van der Waals surface area contributed by atoms with Gasteiger partial charge >= 0.3 is 18.2 Å². The number of fused-ring (bicyclic) bond motifs is 1. The van der Waals surface area contributed by atoms with E-state index in [1.807, 2.05) is 0 Å². The quantitative estimate of drug-likeness (QED) is 0.548. The highest BCUT2D eigenvalue weighted by atomic mass is 19.4. The molecule has 0 unspecified atom stereocenters. The van der Waals surface area contributed by atoms with Gasteiger partial charge < -0.3 is 19.2 Å². The van der Waals surface area contributed by atoms with Crippen LogP contribution in [0, 0.1) is 0 Å². The van der Waals surface area contributed by atoms with Crippen LogP contribution in [0.1, 0.15) is 44.6 Å². The van der Waals surface area contributed by atoms with Crippen molar-refractivity contribution in [3.8, 4) is 0 Å². The molecule has 1 aromatic carbocycles. The van der Waals surface area contributed by atoms with Crippen LogP contribution in [0.15, 0.2) is 28.7 Å². The molecule has 0 radical (unpaired) electrons. The third-order valence-electron chi connectivity index (χ3n) is 3.50. The molecular formula is C20H22F3NO5. The van der Waals surface area contributed by atoms with Crippen molar-refractivity contribution in [2.24, 2.45) is 0 Å². The first-order valence-electron chi connectivity index (χ1n) is 8.84. The molecule has 0 aliphatic carbocycles. The van der Waals surface area contributed by atoms with Crippen molar-refractivity contribution in [3.63, 3.8) is 0 Å². The molecule has 2 aromatic rings. The molecule has 2 rings (SSSR count). The number of carbonyl (C=O) groups is 2. The lowest BCUT2D eigenvalue weighted by Crippen LogP contribution is -2.32. The largest absolute Gasteiger partial charge is 0.463 e. The fraction of sp³-hybridized carbons (Fsp3) is 0.400. The van der Waals surface area contributed by atoms with Gasteiger partial charge in [0.1, 0.15) is 16.9 Å². The highest BCUT2D eigenvalue weighted by molar-refractivity contribution is 5.89. The minimum Gasteiger partial charge on any atom is -0.463 e. The Morgan fingerprint density at radius 2 is 1.86 bits per heavy atom. The van der Waals surface area contributed by atoms with E-state index < -0.39 is 29.4 Å². The predicted octanol–water partition coefficient (Wildman–Crippen LogP) is 5.05. The number of rotatable bonds is 5. The second kappa shape index (κ2) is 8.59. The van der Waals surface area contributed by atoms with Crippen LogP contribution in [0.5, 0.6) is 0 Å². The van der Waals surface area contributed by atoms with Crippen molar-refractivity contribution in [3.05, 3.63) is 41.2 Å². The van der Waals surface area contributed by atoms with Gasteiger partial charge in [-0.1, -0.05) is 0 Å². The molecule has 0 spiro atoms. The molecule has 0 bridgehead atoms. The van der Waals surface area contributed by atoms with Crippen molar-refractivity contribution < 1.29 is 36.7 Å². The number of esters is 1. The Hall–Kier alpha value is -2.97. The van der Waals surface area contributed by atoms with E-state index in [1.165, 1.54) is 18.2 Å². The van der Waals surface area contributed by atoms with E-state index in [4.69, 9.17) is 13.9 Å². The van der Waals surface area contributed by atoms with Crippen LogP contribution in [0.4, 0.5) is 18.0 Å². The van der Waals surface area contributed by atoms with Gasteiger partial charge in [-0.3, -0.25) is 0 Å². The Labute approximate surface area is 165 Å². The third kappa shape index (κ3) is 6.55. The van der Waals surface area contributed by atoms with Gasteiger partial charge in [-0.2, -0.15) is 13.2 Å². The molecule has 0 aliphatic rings. The topological polar surface area (TPSA) is 77.8 Å². The maximum absolute atomic E-state index is 13.5. The molecule has 1 heterocycles. The van der Waals surface area contributed by atoms with Gasteiger partial charge in [-0.15, -0.1) is 0 Å². The van der Waals surface area contributed by atoms with Crippen LogP contribution in [0.25, 0.3) is 17.0 Å². The number of ether oxygens (including phenoxy) is 2. The molecule has 1 amide bonds. The molecule has 0 aliphatic heterocycles. The van der Waals surface area contributed by atoms with Crippen LogP contribution >= 0.6 is 0 Å². The maximum atomic E-state index is 13.5. The van der Waals surface area contributed by atoms with Gasteiger partial charge in [-0.25, -0.2) is 9.59 Å². The molecule has 29 heavy (non-hydrogen) atoms. The monoisotopic (exact) mass is 413 g/mol. The van der Waals surface area contributed by atoms with E-state index in [0.29, 0.717) is 0 Å². The first kappa shape index (κ1) is 22.3. The number of furan rings is 1. The lowest BCUT2D eigenvalue weighted by molar-refractivity contribution is -0.137. The number of carbonyl (C=O) groups excluding carboxylic acids is 2. The lowest BCUT2D eigenvalue weighted by atomic mass is 10.1. The van der Waals surface area contributed by atoms with Gasteiger partial charge in [-0.05, 0) is 57.5 Å². The second-order valence-electron chi connectivity index (χ2n) is 7.14. The zero-order valence-corrected chi connectivity index (χ0v) is 16.5. The van der Waals surface area contributed by atoms with Gasteiger partial charge in [0, 0.05) is 11.5 Å². The van der Waals surface area contributed by atoms with Crippen molar-refractivity contribution in [1.29, 1.82) is 0 Å². The average molecular weight is 413 g/mol. The van der Waals surface area contributed by atoms with Crippen LogP contribution in [0.3, 0.4) is 0 Å². The summed E-state index contributed by atoms with van der Waals surface area (Å²) in [5.41, 5.74) is -1.89. The van der Waals surface area contributed by atoms with Gasteiger partial charge in [0.05, 0.1) is 18.7 Å². The second-order valence-corrected chi connectivity index (χ2v) is 7.14. The normalized spacial score (nSPS) is 12.4. The first-order valence-corrected chi connectivity index (χ1v) is 8.84. The molecule has 1 aromatic heterocycles. The summed E-state index contributed by atoms with van der Waals surface area (Å²) in [7, 11) is 0. The number of alkyl halides is 3. The zero-order valence-electron chi connectivity index (χ0n) is 16.5. The molecule has 6 nitrogen and oxygen atoms in total. The van der Waals surface area contributed by atoms with Crippen LogP contribution < -0.4 is 5.32 Å². The predicted molar refractivity (Wildman–Crippen MR) is 100.0 cm³/mol. The van der Waals surface area contributed by atoms with E-state index in [0.717, 1.165) is 12.1 Å². The summed E-state index contributed by atoms with van der Waals surface area (Å²) in [4.78, 5) is 23.1. The van der Waals surface area contributed by atoms with E-state index in [-0.39, 0.29) is 35.4 Å². The highest BCUT2D eigenvalue weighted by Crippen LogP contribution is 2.37. The molecule has 0 saturated heterocycles.